The third-order valence-electron chi connectivity index (χ3n) is 6.39. The van der Waals surface area contributed by atoms with E-state index in [9.17, 15) is 10.2 Å². The van der Waals surface area contributed by atoms with E-state index in [1.165, 1.54) is 0 Å². The fraction of sp³-hybridized carbons (Fsp3) is 0.133. The molecule has 0 fully saturated rings. The van der Waals surface area contributed by atoms with Gasteiger partial charge in [0.15, 0.2) is 0 Å². The van der Waals surface area contributed by atoms with Crippen LogP contribution in [-0.2, 0) is 0 Å². The normalized spacial score (nSPS) is 13.9. The summed E-state index contributed by atoms with van der Waals surface area (Å²) in [5.74, 6) is -0.124. The highest BCUT2D eigenvalue weighted by Crippen LogP contribution is 2.34. The van der Waals surface area contributed by atoms with E-state index in [0.29, 0.717) is 10.7 Å². The number of aryl methyl sites for hydroxylation is 1. The average molecular weight is 483 g/mol. The summed E-state index contributed by atoms with van der Waals surface area (Å²) in [5, 5.41) is 22.5. The number of hydrogen-bond acceptors (Lipinski definition) is 2. The van der Waals surface area contributed by atoms with Crippen LogP contribution in [0.4, 0.5) is 0 Å². The second-order valence-electron chi connectivity index (χ2n) is 8.85. The van der Waals surface area contributed by atoms with E-state index in [2.05, 4.69) is 22.1 Å². The molecular weight excluding hydrogens is 456 g/mol. The molecule has 0 saturated heterocycles. The second kappa shape index (κ2) is 9.96. The molecule has 0 aliphatic rings. The molecule has 3 atom stereocenters. The van der Waals surface area contributed by atoms with Gasteiger partial charge in [-0.1, -0.05) is 83.9 Å². The molecule has 176 valence electrons. The number of halogens is 1. The summed E-state index contributed by atoms with van der Waals surface area (Å²) in [6, 6.07) is 33.1. The van der Waals surface area contributed by atoms with Crippen LogP contribution in [0.5, 0.6) is 0 Å². The van der Waals surface area contributed by atoms with Gasteiger partial charge in [0.1, 0.15) is 12.2 Å². The number of aliphatic hydroxyl groups is 2. The topological polar surface area (TPSA) is 72.0 Å². The van der Waals surface area contributed by atoms with E-state index >= 15 is 0 Å². The molecule has 0 radical (unpaired) electrons. The van der Waals surface area contributed by atoms with E-state index in [1.807, 2.05) is 85.8 Å². The lowest BCUT2D eigenvalue weighted by molar-refractivity contribution is 0.216. The first-order chi connectivity index (χ1) is 17.0. The maximum atomic E-state index is 11.0. The van der Waals surface area contributed by atoms with Crippen LogP contribution in [0.15, 0.2) is 103 Å². The quantitative estimate of drug-likeness (QED) is 0.210. The Balaban J connectivity index is 1.48. The molecular formula is C30H27ClN2O2. The third-order valence-corrected chi connectivity index (χ3v) is 6.64. The lowest BCUT2D eigenvalue weighted by Gasteiger charge is -2.17. The molecule has 0 aliphatic carbocycles. The number of aromatic nitrogens is 2. The Labute approximate surface area is 209 Å². The molecule has 2 heterocycles. The highest BCUT2D eigenvalue weighted by atomic mass is 35.5. The van der Waals surface area contributed by atoms with Gasteiger partial charge in [-0.25, -0.2) is 0 Å². The van der Waals surface area contributed by atoms with Crippen molar-refractivity contribution in [3.63, 3.8) is 0 Å². The summed E-state index contributed by atoms with van der Waals surface area (Å²) in [6.07, 6.45) is -1.54. The summed E-state index contributed by atoms with van der Waals surface area (Å²) in [5.41, 5.74) is 7.19. The maximum absolute atomic E-state index is 11.0. The van der Waals surface area contributed by atoms with Crippen molar-refractivity contribution >= 4 is 11.6 Å². The Morgan fingerprint density at radius 3 is 1.51 bits per heavy atom. The lowest BCUT2D eigenvalue weighted by atomic mass is 9.93. The molecule has 2 aromatic heterocycles. The van der Waals surface area contributed by atoms with Crippen LogP contribution in [0.3, 0.4) is 0 Å². The SMILES string of the molecule is Cc1ccc(C(O)c2ccc(C(c3ccccc3)c3ccc(C(O)c4ccc(Cl)cc4)[nH]3)[nH]2)cc1. The molecule has 4 nitrogen and oxygen atoms in total. The van der Waals surface area contributed by atoms with Crippen molar-refractivity contribution in [2.24, 2.45) is 0 Å². The molecule has 5 rings (SSSR count). The zero-order chi connectivity index (χ0) is 24.4. The van der Waals surface area contributed by atoms with E-state index < -0.39 is 12.2 Å². The van der Waals surface area contributed by atoms with E-state index in [0.717, 1.165) is 39.3 Å². The largest absolute Gasteiger partial charge is 0.382 e. The fourth-order valence-corrected chi connectivity index (χ4v) is 4.57. The Hall–Kier alpha value is -3.57. The summed E-state index contributed by atoms with van der Waals surface area (Å²) < 4.78 is 0. The number of hydrogen-bond donors (Lipinski definition) is 4. The first-order valence-electron chi connectivity index (χ1n) is 11.6. The van der Waals surface area contributed by atoms with Gasteiger partial charge in [0.05, 0.1) is 5.92 Å². The van der Waals surface area contributed by atoms with E-state index in [1.54, 1.807) is 12.1 Å². The summed E-state index contributed by atoms with van der Waals surface area (Å²) >= 11 is 6.00. The van der Waals surface area contributed by atoms with Crippen LogP contribution in [0, 0.1) is 6.92 Å². The van der Waals surface area contributed by atoms with Crippen molar-refractivity contribution in [3.8, 4) is 0 Å². The summed E-state index contributed by atoms with van der Waals surface area (Å²) in [6.45, 7) is 2.03. The monoisotopic (exact) mass is 482 g/mol. The van der Waals surface area contributed by atoms with Crippen molar-refractivity contribution in [2.45, 2.75) is 25.0 Å². The van der Waals surface area contributed by atoms with Crippen LogP contribution in [0.1, 0.15) is 63.2 Å². The summed E-state index contributed by atoms with van der Waals surface area (Å²) in [4.78, 5) is 6.89. The van der Waals surface area contributed by atoms with Crippen LogP contribution < -0.4 is 0 Å². The minimum atomic E-state index is -0.792. The van der Waals surface area contributed by atoms with Gasteiger partial charge in [0.2, 0.25) is 0 Å². The molecule has 0 amide bonds. The van der Waals surface area contributed by atoms with Crippen molar-refractivity contribution in [1.82, 2.24) is 9.97 Å². The molecule has 0 aliphatic heterocycles. The van der Waals surface area contributed by atoms with Gasteiger partial charge in [-0.05, 0) is 60.0 Å². The van der Waals surface area contributed by atoms with E-state index in [4.69, 9.17) is 11.6 Å². The predicted octanol–water partition coefficient (Wildman–Crippen LogP) is 6.65. The van der Waals surface area contributed by atoms with E-state index in [-0.39, 0.29) is 5.92 Å². The molecule has 0 bridgehead atoms. The van der Waals surface area contributed by atoms with Crippen LogP contribution >= 0.6 is 11.6 Å². The Morgan fingerprint density at radius 2 is 1.00 bits per heavy atom. The molecule has 0 spiro atoms. The molecule has 5 heteroatoms. The highest BCUT2D eigenvalue weighted by Gasteiger charge is 2.23. The Bertz CT molecular complexity index is 1300. The van der Waals surface area contributed by atoms with Gasteiger partial charge in [-0.3, -0.25) is 0 Å². The number of aliphatic hydroxyl groups excluding tert-OH is 2. The smallest absolute Gasteiger partial charge is 0.119 e. The average Bonchev–Trinajstić information content (AvgIpc) is 3.56. The van der Waals surface area contributed by atoms with Gasteiger partial charge in [-0.2, -0.15) is 0 Å². The number of benzene rings is 3. The number of aromatic amines is 2. The molecule has 0 saturated carbocycles. The standard InChI is InChI=1S/C30H27ClN2O2/c1-19-7-9-21(10-8-19)29(34)26-17-15-24(32-26)28(20-5-3-2-4-6-20)25-16-18-27(33-25)30(35)22-11-13-23(31)14-12-22/h2-18,28-30,32-35H,1H3. The van der Waals surface area contributed by atoms with Crippen molar-refractivity contribution in [1.29, 1.82) is 0 Å². The highest BCUT2D eigenvalue weighted by molar-refractivity contribution is 6.30. The number of H-pyrrole nitrogens is 2. The first kappa shape index (κ1) is 23.2. The lowest BCUT2D eigenvalue weighted by Crippen LogP contribution is -2.07. The van der Waals surface area contributed by atoms with Gasteiger partial charge in [0, 0.05) is 27.8 Å². The second-order valence-corrected chi connectivity index (χ2v) is 9.29. The molecule has 3 aromatic carbocycles. The molecule has 4 N–H and O–H groups in total. The third kappa shape index (κ3) is 4.96. The first-order valence-corrected chi connectivity index (χ1v) is 12.0. The zero-order valence-corrected chi connectivity index (χ0v) is 20.1. The summed E-state index contributed by atoms with van der Waals surface area (Å²) in [7, 11) is 0. The van der Waals surface area contributed by atoms with Crippen molar-refractivity contribution in [2.75, 3.05) is 0 Å². The van der Waals surface area contributed by atoms with Crippen LogP contribution in [-0.4, -0.2) is 20.2 Å². The van der Waals surface area contributed by atoms with Gasteiger partial charge < -0.3 is 20.2 Å². The van der Waals surface area contributed by atoms with Gasteiger partial charge in [0.25, 0.3) is 0 Å². The number of rotatable bonds is 7. The molecule has 35 heavy (non-hydrogen) atoms. The zero-order valence-electron chi connectivity index (χ0n) is 19.3. The van der Waals surface area contributed by atoms with Gasteiger partial charge in [-0.15, -0.1) is 0 Å². The van der Waals surface area contributed by atoms with Crippen molar-refractivity contribution in [3.05, 3.63) is 153 Å². The van der Waals surface area contributed by atoms with Crippen LogP contribution in [0.2, 0.25) is 5.02 Å². The molecule has 3 unspecified atom stereocenters. The van der Waals surface area contributed by atoms with Gasteiger partial charge >= 0.3 is 0 Å². The minimum absolute atomic E-state index is 0.124. The predicted molar refractivity (Wildman–Crippen MR) is 140 cm³/mol. The Morgan fingerprint density at radius 1 is 0.543 bits per heavy atom. The van der Waals surface area contributed by atoms with Crippen molar-refractivity contribution < 1.29 is 10.2 Å². The van der Waals surface area contributed by atoms with Crippen LogP contribution in [0.25, 0.3) is 0 Å². The molecule has 5 aromatic rings. The number of nitrogens with one attached hydrogen (secondary N) is 2. The fourth-order valence-electron chi connectivity index (χ4n) is 4.44. The Kier molecular flexibility index (Phi) is 6.60. The maximum Gasteiger partial charge on any atom is 0.119 e. The minimum Gasteiger partial charge on any atom is -0.382 e.